The number of anilines is 1. The van der Waals surface area contributed by atoms with Gasteiger partial charge >= 0.3 is 12.1 Å². The molecule has 2 aromatic rings. The fraction of sp³-hybridized carbons (Fsp3) is 0.471. The first kappa shape index (κ1) is 19.8. The van der Waals surface area contributed by atoms with Crippen molar-refractivity contribution in [3.05, 3.63) is 28.3 Å². The summed E-state index contributed by atoms with van der Waals surface area (Å²) >= 11 is 1.26. The first-order valence-corrected chi connectivity index (χ1v) is 9.39. The van der Waals surface area contributed by atoms with Crippen LogP contribution in [-0.2, 0) is 9.53 Å². The zero-order chi connectivity index (χ0) is 20.6. The smallest absolute Gasteiger partial charge is 0.410 e. The lowest BCUT2D eigenvalue weighted by Crippen LogP contribution is -2.58. The van der Waals surface area contributed by atoms with Gasteiger partial charge in [0.05, 0.1) is 21.7 Å². The Balaban J connectivity index is 1.84. The topological polar surface area (TPSA) is 126 Å². The van der Waals surface area contributed by atoms with Crippen LogP contribution in [0.3, 0.4) is 0 Å². The number of nitro groups is 1. The van der Waals surface area contributed by atoms with Crippen molar-refractivity contribution >= 4 is 44.4 Å². The number of hydrogen-bond donors (Lipinski definition) is 1. The molecule has 10 nitrogen and oxygen atoms in total. The lowest BCUT2D eigenvalue weighted by Gasteiger charge is -2.39. The normalized spacial score (nSPS) is 17.6. The third-order valence-corrected chi connectivity index (χ3v) is 5.21. The molecule has 28 heavy (non-hydrogen) atoms. The molecular formula is C17H20N4O6S. The van der Waals surface area contributed by atoms with Crippen molar-refractivity contribution in [2.24, 2.45) is 0 Å². The Kier molecular flexibility index (Phi) is 5.11. The van der Waals surface area contributed by atoms with Gasteiger partial charge in [-0.25, -0.2) is 14.6 Å². The molecule has 0 saturated carbocycles. The number of non-ortho nitro benzene ring substituents is 1. The van der Waals surface area contributed by atoms with Crippen LogP contribution in [0.2, 0.25) is 0 Å². The number of rotatable bonds is 3. The molecule has 1 saturated heterocycles. The lowest BCUT2D eigenvalue weighted by atomic mass is 10.2. The van der Waals surface area contributed by atoms with Crippen molar-refractivity contribution in [2.45, 2.75) is 32.4 Å². The van der Waals surface area contributed by atoms with Gasteiger partial charge in [0, 0.05) is 25.2 Å². The summed E-state index contributed by atoms with van der Waals surface area (Å²) in [6.45, 7) is 5.75. The Labute approximate surface area is 164 Å². The van der Waals surface area contributed by atoms with E-state index in [1.54, 1.807) is 31.7 Å². The van der Waals surface area contributed by atoms with Gasteiger partial charge in [0.1, 0.15) is 11.6 Å². The highest BCUT2D eigenvalue weighted by molar-refractivity contribution is 7.22. The van der Waals surface area contributed by atoms with Crippen LogP contribution in [-0.4, -0.2) is 63.3 Å². The van der Waals surface area contributed by atoms with E-state index >= 15 is 0 Å². The molecule has 0 spiro atoms. The van der Waals surface area contributed by atoms with Gasteiger partial charge in [-0.05, 0) is 26.8 Å². The molecule has 1 aromatic heterocycles. The molecule has 1 fully saturated rings. The van der Waals surface area contributed by atoms with Crippen molar-refractivity contribution in [3.8, 4) is 0 Å². The molecule has 1 N–H and O–H groups in total. The molecule has 1 aromatic carbocycles. The van der Waals surface area contributed by atoms with E-state index in [2.05, 4.69) is 4.98 Å². The van der Waals surface area contributed by atoms with Crippen LogP contribution in [0.4, 0.5) is 15.6 Å². The minimum atomic E-state index is -1.08. The molecule has 11 heteroatoms. The number of hydrogen-bond acceptors (Lipinski definition) is 8. The van der Waals surface area contributed by atoms with Gasteiger partial charge in [-0.15, -0.1) is 0 Å². The Bertz CT molecular complexity index is 937. The second-order valence-electron chi connectivity index (χ2n) is 7.38. The number of carboxylic acids is 1. The number of nitro benzene ring substituents is 1. The Morgan fingerprint density at radius 2 is 2.07 bits per heavy atom. The Morgan fingerprint density at radius 1 is 1.36 bits per heavy atom. The molecular weight excluding hydrogens is 388 g/mol. The van der Waals surface area contributed by atoms with Crippen molar-refractivity contribution in [1.29, 1.82) is 0 Å². The quantitative estimate of drug-likeness (QED) is 0.607. The number of fused-ring (bicyclic) bond motifs is 1. The summed E-state index contributed by atoms with van der Waals surface area (Å²) in [5, 5.41) is 21.0. The largest absolute Gasteiger partial charge is 0.480 e. The van der Waals surface area contributed by atoms with Gasteiger partial charge in [0.2, 0.25) is 0 Å². The van der Waals surface area contributed by atoms with Gasteiger partial charge in [-0.3, -0.25) is 10.1 Å². The molecule has 0 radical (unpaired) electrons. The average molecular weight is 408 g/mol. The van der Waals surface area contributed by atoms with E-state index < -0.39 is 28.6 Å². The van der Waals surface area contributed by atoms with Crippen molar-refractivity contribution in [2.75, 3.05) is 24.5 Å². The maximum absolute atomic E-state index is 12.3. The first-order chi connectivity index (χ1) is 13.0. The zero-order valence-corrected chi connectivity index (χ0v) is 16.4. The van der Waals surface area contributed by atoms with E-state index in [4.69, 9.17) is 4.74 Å². The SMILES string of the molecule is CC(C)(C)OC(=O)N1CCN(c2nc3cc([N+](=O)[O-])ccc3s2)[C@H](C(=O)O)C1. The summed E-state index contributed by atoms with van der Waals surface area (Å²) in [5.41, 5.74) is -0.309. The Hall–Kier alpha value is -2.95. The number of aliphatic carboxylic acids is 1. The predicted molar refractivity (Wildman–Crippen MR) is 103 cm³/mol. The third kappa shape index (κ3) is 4.14. The first-order valence-electron chi connectivity index (χ1n) is 8.57. The number of amides is 1. The van der Waals surface area contributed by atoms with Gasteiger partial charge in [-0.1, -0.05) is 11.3 Å². The summed E-state index contributed by atoms with van der Waals surface area (Å²) < 4.78 is 6.05. The van der Waals surface area contributed by atoms with Crippen LogP contribution in [0.25, 0.3) is 10.2 Å². The average Bonchev–Trinajstić information content (AvgIpc) is 3.02. The van der Waals surface area contributed by atoms with E-state index in [9.17, 15) is 24.8 Å². The number of benzene rings is 1. The lowest BCUT2D eigenvalue weighted by molar-refractivity contribution is -0.384. The zero-order valence-electron chi connectivity index (χ0n) is 15.6. The van der Waals surface area contributed by atoms with E-state index in [1.165, 1.54) is 28.4 Å². The fourth-order valence-corrected chi connectivity index (χ4v) is 3.88. The molecule has 2 heterocycles. The maximum atomic E-state index is 12.3. The van der Waals surface area contributed by atoms with Crippen LogP contribution >= 0.6 is 11.3 Å². The third-order valence-electron chi connectivity index (χ3n) is 4.13. The minimum Gasteiger partial charge on any atom is -0.480 e. The van der Waals surface area contributed by atoms with E-state index in [1.807, 2.05) is 0 Å². The number of ether oxygens (including phenoxy) is 1. The number of carbonyl (C=O) groups is 2. The number of thiazole rings is 1. The van der Waals surface area contributed by atoms with Gasteiger partial charge < -0.3 is 19.6 Å². The molecule has 1 atom stereocenters. The van der Waals surface area contributed by atoms with E-state index in [0.717, 1.165) is 4.70 Å². The number of carboxylic acid groups (broad SMARTS) is 1. The molecule has 1 aliphatic rings. The van der Waals surface area contributed by atoms with Crippen molar-refractivity contribution < 1.29 is 24.4 Å². The molecule has 3 rings (SSSR count). The van der Waals surface area contributed by atoms with Crippen LogP contribution < -0.4 is 4.90 Å². The Morgan fingerprint density at radius 3 is 2.68 bits per heavy atom. The van der Waals surface area contributed by atoms with Gasteiger partial charge in [0.15, 0.2) is 5.13 Å². The summed E-state index contributed by atoms with van der Waals surface area (Å²) in [6, 6.07) is 3.36. The number of piperazine rings is 1. The molecule has 0 unspecified atom stereocenters. The monoisotopic (exact) mass is 408 g/mol. The second-order valence-corrected chi connectivity index (χ2v) is 8.39. The number of carbonyl (C=O) groups excluding carboxylic acids is 1. The maximum Gasteiger partial charge on any atom is 0.410 e. The van der Waals surface area contributed by atoms with Gasteiger partial charge in [0.25, 0.3) is 5.69 Å². The predicted octanol–water partition coefficient (Wildman–Crippen LogP) is 2.71. The second kappa shape index (κ2) is 7.23. The number of aromatic nitrogens is 1. The van der Waals surface area contributed by atoms with Crippen molar-refractivity contribution in [1.82, 2.24) is 9.88 Å². The van der Waals surface area contributed by atoms with E-state index in [0.29, 0.717) is 10.6 Å². The summed E-state index contributed by atoms with van der Waals surface area (Å²) in [7, 11) is 0. The molecule has 0 bridgehead atoms. The highest BCUT2D eigenvalue weighted by Crippen LogP contribution is 2.33. The van der Waals surface area contributed by atoms with Crippen LogP contribution in [0.15, 0.2) is 18.2 Å². The van der Waals surface area contributed by atoms with Gasteiger partial charge in [-0.2, -0.15) is 0 Å². The highest BCUT2D eigenvalue weighted by atomic mass is 32.1. The van der Waals surface area contributed by atoms with E-state index in [-0.39, 0.29) is 25.3 Å². The molecule has 1 amide bonds. The summed E-state index contributed by atoms with van der Waals surface area (Å²) in [6.07, 6.45) is -0.557. The summed E-state index contributed by atoms with van der Waals surface area (Å²) in [4.78, 5) is 41.9. The minimum absolute atomic E-state index is 0.0413. The van der Waals surface area contributed by atoms with Crippen LogP contribution in [0.1, 0.15) is 20.8 Å². The van der Waals surface area contributed by atoms with Crippen molar-refractivity contribution in [3.63, 3.8) is 0 Å². The van der Waals surface area contributed by atoms with Crippen LogP contribution in [0, 0.1) is 10.1 Å². The molecule has 1 aliphatic heterocycles. The molecule has 150 valence electrons. The summed E-state index contributed by atoms with van der Waals surface area (Å²) in [5.74, 6) is -1.08. The fourth-order valence-electron chi connectivity index (χ4n) is 2.86. The molecule has 0 aliphatic carbocycles. The number of nitrogens with zero attached hydrogens (tertiary/aromatic N) is 4. The van der Waals surface area contributed by atoms with Crippen LogP contribution in [0.5, 0.6) is 0 Å². The standard InChI is InChI=1S/C17H20N4O6S/c1-17(2,3)27-16(24)19-6-7-20(12(9-19)14(22)23)15-18-11-8-10(21(25)26)4-5-13(11)28-15/h4-5,8,12H,6-7,9H2,1-3H3,(H,22,23)/t12-/m0/s1. The highest BCUT2D eigenvalue weighted by Gasteiger charge is 2.37.